The fourth-order valence-corrected chi connectivity index (χ4v) is 1.21. The fraction of sp³-hybridized carbons (Fsp3) is 0.571. The Morgan fingerprint density at radius 1 is 1.55 bits per heavy atom. The van der Waals surface area contributed by atoms with Crippen molar-refractivity contribution in [1.29, 1.82) is 0 Å². The molecule has 1 heterocycles. The topological polar surface area (TPSA) is 43.8 Å². The highest BCUT2D eigenvalue weighted by atomic mass is 79.9. The highest BCUT2D eigenvalue weighted by molar-refractivity contribution is 9.10. The molecule has 0 atom stereocenters. The average molecular weight is 218 g/mol. The van der Waals surface area contributed by atoms with E-state index in [2.05, 4.69) is 21.0 Å². The molecule has 1 rings (SSSR count). The van der Waals surface area contributed by atoms with E-state index in [4.69, 9.17) is 5.73 Å². The van der Waals surface area contributed by atoms with Gasteiger partial charge in [0.15, 0.2) is 0 Å². The molecule has 0 fully saturated rings. The van der Waals surface area contributed by atoms with Crippen LogP contribution in [0.2, 0.25) is 0 Å². The highest BCUT2D eigenvalue weighted by Gasteiger charge is 1.93. The van der Waals surface area contributed by atoms with Gasteiger partial charge in [0.25, 0.3) is 0 Å². The smallest absolute Gasteiger partial charge is 0.0632 e. The van der Waals surface area contributed by atoms with E-state index in [1.165, 1.54) is 0 Å². The number of halogens is 1. The molecule has 0 aliphatic heterocycles. The summed E-state index contributed by atoms with van der Waals surface area (Å²) >= 11 is 3.33. The van der Waals surface area contributed by atoms with Gasteiger partial charge in [0.2, 0.25) is 0 Å². The maximum atomic E-state index is 5.36. The van der Waals surface area contributed by atoms with Gasteiger partial charge >= 0.3 is 0 Å². The summed E-state index contributed by atoms with van der Waals surface area (Å²) in [5.41, 5.74) is 5.36. The van der Waals surface area contributed by atoms with Crippen molar-refractivity contribution in [1.82, 2.24) is 9.78 Å². The van der Waals surface area contributed by atoms with Crippen LogP contribution in [0, 0.1) is 0 Å². The van der Waals surface area contributed by atoms with Gasteiger partial charge in [-0.25, -0.2) is 0 Å². The molecule has 1 aromatic rings. The van der Waals surface area contributed by atoms with Crippen molar-refractivity contribution in [2.45, 2.75) is 19.4 Å². The van der Waals surface area contributed by atoms with Crippen molar-refractivity contribution in [2.24, 2.45) is 5.73 Å². The van der Waals surface area contributed by atoms with E-state index in [1.54, 1.807) is 6.20 Å². The van der Waals surface area contributed by atoms with Crippen LogP contribution < -0.4 is 5.73 Å². The third-order valence-electron chi connectivity index (χ3n) is 1.44. The summed E-state index contributed by atoms with van der Waals surface area (Å²) in [5, 5.41) is 4.12. The lowest BCUT2D eigenvalue weighted by Gasteiger charge is -1.98. The minimum absolute atomic E-state index is 0.766. The predicted molar refractivity (Wildman–Crippen MR) is 48.2 cm³/mol. The van der Waals surface area contributed by atoms with E-state index < -0.39 is 0 Å². The molecule has 2 N–H and O–H groups in total. The zero-order valence-corrected chi connectivity index (χ0v) is 7.92. The average Bonchev–Trinajstić information content (AvgIpc) is 2.37. The van der Waals surface area contributed by atoms with E-state index in [0.717, 1.165) is 30.4 Å². The second kappa shape index (κ2) is 4.51. The van der Waals surface area contributed by atoms with Gasteiger partial charge in [-0.3, -0.25) is 4.68 Å². The Labute approximate surface area is 74.7 Å². The van der Waals surface area contributed by atoms with Crippen molar-refractivity contribution in [3.63, 3.8) is 0 Å². The molecule has 11 heavy (non-hydrogen) atoms. The zero-order chi connectivity index (χ0) is 8.10. The van der Waals surface area contributed by atoms with Crippen molar-refractivity contribution in [3.05, 3.63) is 16.9 Å². The van der Waals surface area contributed by atoms with Crippen LogP contribution in [0.5, 0.6) is 0 Å². The third kappa shape index (κ3) is 3.03. The molecule has 3 nitrogen and oxygen atoms in total. The number of aryl methyl sites for hydroxylation is 1. The first-order valence-electron chi connectivity index (χ1n) is 3.71. The first-order chi connectivity index (χ1) is 5.33. The second-order valence-corrected chi connectivity index (χ2v) is 3.33. The summed E-state index contributed by atoms with van der Waals surface area (Å²) in [6, 6.07) is 0. The molecule has 0 saturated heterocycles. The Morgan fingerprint density at radius 2 is 2.36 bits per heavy atom. The number of hydrogen-bond acceptors (Lipinski definition) is 2. The largest absolute Gasteiger partial charge is 0.330 e. The number of nitrogens with zero attached hydrogens (tertiary/aromatic N) is 2. The summed E-state index contributed by atoms with van der Waals surface area (Å²) in [4.78, 5) is 0. The molecule has 0 saturated carbocycles. The van der Waals surface area contributed by atoms with Crippen LogP contribution in [0.25, 0.3) is 0 Å². The maximum absolute atomic E-state index is 5.36. The minimum Gasteiger partial charge on any atom is -0.330 e. The molecule has 0 aliphatic carbocycles. The number of aromatic nitrogens is 2. The van der Waals surface area contributed by atoms with Gasteiger partial charge in [-0.1, -0.05) is 0 Å². The first kappa shape index (κ1) is 8.74. The highest BCUT2D eigenvalue weighted by Crippen LogP contribution is 2.06. The molecule has 1 aromatic heterocycles. The number of unbranched alkanes of at least 4 members (excludes halogenated alkanes) is 1. The molecule has 0 spiro atoms. The van der Waals surface area contributed by atoms with Crippen LogP contribution in [0.1, 0.15) is 12.8 Å². The molecular weight excluding hydrogens is 206 g/mol. The molecule has 0 aromatic carbocycles. The molecular formula is C7H12BrN3. The van der Waals surface area contributed by atoms with Crippen LogP contribution in [0.4, 0.5) is 0 Å². The van der Waals surface area contributed by atoms with Crippen molar-refractivity contribution < 1.29 is 0 Å². The summed E-state index contributed by atoms with van der Waals surface area (Å²) in [5.74, 6) is 0. The summed E-state index contributed by atoms with van der Waals surface area (Å²) < 4.78 is 2.95. The zero-order valence-electron chi connectivity index (χ0n) is 6.33. The van der Waals surface area contributed by atoms with Gasteiger partial charge in [0.1, 0.15) is 0 Å². The van der Waals surface area contributed by atoms with Crippen LogP contribution in [-0.2, 0) is 6.54 Å². The molecule has 0 amide bonds. The number of hydrogen-bond donors (Lipinski definition) is 1. The van der Waals surface area contributed by atoms with Gasteiger partial charge in [0.05, 0.1) is 10.7 Å². The van der Waals surface area contributed by atoms with Crippen molar-refractivity contribution in [3.8, 4) is 0 Å². The molecule has 0 aliphatic rings. The monoisotopic (exact) mass is 217 g/mol. The SMILES string of the molecule is NCCCCn1cc(Br)cn1. The second-order valence-electron chi connectivity index (χ2n) is 2.42. The normalized spacial score (nSPS) is 10.4. The quantitative estimate of drug-likeness (QED) is 0.776. The van der Waals surface area contributed by atoms with Crippen molar-refractivity contribution in [2.75, 3.05) is 6.54 Å². The Bertz CT molecular complexity index is 209. The summed E-state index contributed by atoms with van der Waals surface area (Å²) in [7, 11) is 0. The summed E-state index contributed by atoms with van der Waals surface area (Å²) in [6.45, 7) is 1.73. The van der Waals surface area contributed by atoms with E-state index in [1.807, 2.05) is 10.9 Å². The van der Waals surface area contributed by atoms with E-state index in [9.17, 15) is 0 Å². The lowest BCUT2D eigenvalue weighted by Crippen LogP contribution is -2.03. The first-order valence-corrected chi connectivity index (χ1v) is 4.50. The molecule has 0 radical (unpaired) electrons. The molecule has 62 valence electrons. The lowest BCUT2D eigenvalue weighted by atomic mass is 10.3. The van der Waals surface area contributed by atoms with Crippen LogP contribution in [0.15, 0.2) is 16.9 Å². The number of rotatable bonds is 4. The Balaban J connectivity index is 2.27. The fourth-order valence-electron chi connectivity index (χ4n) is 0.879. The lowest BCUT2D eigenvalue weighted by molar-refractivity contribution is 0.561. The van der Waals surface area contributed by atoms with Crippen molar-refractivity contribution >= 4 is 15.9 Å². The standard InChI is InChI=1S/C7H12BrN3/c8-7-5-10-11(6-7)4-2-1-3-9/h5-6H,1-4,9H2. The Kier molecular flexibility index (Phi) is 3.59. The minimum atomic E-state index is 0.766. The molecule has 0 unspecified atom stereocenters. The van der Waals surface area contributed by atoms with Crippen LogP contribution in [0.3, 0.4) is 0 Å². The van der Waals surface area contributed by atoms with Crippen LogP contribution >= 0.6 is 15.9 Å². The Morgan fingerprint density at radius 3 is 2.91 bits per heavy atom. The van der Waals surface area contributed by atoms with Gasteiger partial charge in [-0.05, 0) is 35.3 Å². The van der Waals surface area contributed by atoms with Gasteiger partial charge in [0, 0.05) is 12.7 Å². The summed E-state index contributed by atoms with van der Waals surface area (Å²) in [6.07, 6.45) is 5.93. The van der Waals surface area contributed by atoms with Gasteiger partial charge in [-0.15, -0.1) is 0 Å². The van der Waals surface area contributed by atoms with Gasteiger partial charge in [-0.2, -0.15) is 5.10 Å². The number of nitrogens with two attached hydrogens (primary N) is 1. The van der Waals surface area contributed by atoms with E-state index >= 15 is 0 Å². The Hall–Kier alpha value is -0.350. The van der Waals surface area contributed by atoms with Gasteiger partial charge < -0.3 is 5.73 Å². The molecule has 4 heteroatoms. The molecule has 0 bridgehead atoms. The predicted octanol–water partition coefficient (Wildman–Crippen LogP) is 1.38. The maximum Gasteiger partial charge on any atom is 0.0632 e. The van der Waals surface area contributed by atoms with E-state index in [-0.39, 0.29) is 0 Å². The third-order valence-corrected chi connectivity index (χ3v) is 1.85. The van der Waals surface area contributed by atoms with Crippen LogP contribution in [-0.4, -0.2) is 16.3 Å². The van der Waals surface area contributed by atoms with E-state index in [0.29, 0.717) is 0 Å².